The summed E-state index contributed by atoms with van der Waals surface area (Å²) in [6, 6.07) is 25.5. The molecule has 1 heterocycles. The van der Waals surface area contributed by atoms with Crippen LogP contribution in [0.5, 0.6) is 0 Å². The van der Waals surface area contributed by atoms with Crippen molar-refractivity contribution in [2.45, 2.75) is 6.04 Å². The third kappa shape index (κ3) is 3.52. The van der Waals surface area contributed by atoms with Gasteiger partial charge in [0.15, 0.2) is 6.04 Å². The molecular formula is C24H16N2O3. The summed E-state index contributed by atoms with van der Waals surface area (Å²) in [5.41, 5.74) is 2.09. The average Bonchev–Trinajstić information content (AvgIpc) is 2.78. The fourth-order valence-corrected chi connectivity index (χ4v) is 3.22. The standard InChI is InChI=1S/C24H16N2O3/c25-16-21-22(29-24(28)18-11-5-2-6-12-18)15-19-13-7-8-14-20(19)26(21)23(27)17-9-3-1-4-10-17/h1-15,21H/t21-/m1/s1. The molecule has 1 aliphatic heterocycles. The second-order valence-corrected chi connectivity index (χ2v) is 6.43. The number of benzene rings is 3. The number of nitriles is 1. The summed E-state index contributed by atoms with van der Waals surface area (Å²) >= 11 is 0. The highest BCUT2D eigenvalue weighted by molar-refractivity contribution is 6.09. The molecule has 29 heavy (non-hydrogen) atoms. The van der Waals surface area contributed by atoms with E-state index in [4.69, 9.17) is 4.74 Å². The van der Waals surface area contributed by atoms with Crippen LogP contribution in [0.1, 0.15) is 26.3 Å². The number of hydrogen-bond donors (Lipinski definition) is 0. The van der Waals surface area contributed by atoms with Crippen LogP contribution < -0.4 is 4.90 Å². The van der Waals surface area contributed by atoms with Gasteiger partial charge in [0.2, 0.25) is 0 Å². The zero-order valence-electron chi connectivity index (χ0n) is 15.4. The number of para-hydroxylation sites is 1. The molecule has 1 atom stereocenters. The van der Waals surface area contributed by atoms with Gasteiger partial charge in [0, 0.05) is 11.1 Å². The Kier molecular flexibility index (Phi) is 4.91. The number of nitrogens with zero attached hydrogens (tertiary/aromatic N) is 2. The van der Waals surface area contributed by atoms with E-state index in [-0.39, 0.29) is 11.7 Å². The minimum Gasteiger partial charge on any atom is -0.424 e. The van der Waals surface area contributed by atoms with Gasteiger partial charge in [0.25, 0.3) is 5.91 Å². The fraction of sp³-hybridized carbons (Fsp3) is 0.0417. The number of rotatable bonds is 3. The van der Waals surface area contributed by atoms with Crippen LogP contribution >= 0.6 is 0 Å². The lowest BCUT2D eigenvalue weighted by Gasteiger charge is -2.33. The van der Waals surface area contributed by atoms with Gasteiger partial charge in [-0.3, -0.25) is 9.69 Å². The first-order valence-corrected chi connectivity index (χ1v) is 9.05. The van der Waals surface area contributed by atoms with E-state index in [1.54, 1.807) is 72.8 Å². The van der Waals surface area contributed by atoms with Crippen LogP contribution in [0.3, 0.4) is 0 Å². The Balaban J connectivity index is 1.75. The van der Waals surface area contributed by atoms with Crippen LogP contribution in [0, 0.1) is 11.3 Å². The van der Waals surface area contributed by atoms with Gasteiger partial charge in [-0.15, -0.1) is 0 Å². The van der Waals surface area contributed by atoms with E-state index >= 15 is 0 Å². The van der Waals surface area contributed by atoms with Crippen molar-refractivity contribution in [3.8, 4) is 6.07 Å². The molecule has 0 saturated carbocycles. The van der Waals surface area contributed by atoms with Crippen LogP contribution in [0.15, 0.2) is 90.7 Å². The molecule has 0 saturated heterocycles. The van der Waals surface area contributed by atoms with Crippen LogP contribution in [0.4, 0.5) is 5.69 Å². The van der Waals surface area contributed by atoms with Crippen LogP contribution in [-0.2, 0) is 4.74 Å². The highest BCUT2D eigenvalue weighted by atomic mass is 16.5. The predicted molar refractivity (Wildman–Crippen MR) is 109 cm³/mol. The van der Waals surface area contributed by atoms with Gasteiger partial charge in [-0.2, -0.15) is 5.26 Å². The summed E-state index contributed by atoms with van der Waals surface area (Å²) in [6.07, 6.45) is 1.64. The Morgan fingerprint density at radius 3 is 2.07 bits per heavy atom. The molecule has 0 bridgehead atoms. The van der Waals surface area contributed by atoms with E-state index in [2.05, 4.69) is 6.07 Å². The molecule has 5 heteroatoms. The van der Waals surface area contributed by atoms with Crippen molar-refractivity contribution in [3.63, 3.8) is 0 Å². The van der Waals surface area contributed by atoms with Crippen molar-refractivity contribution >= 4 is 23.6 Å². The number of anilines is 1. The summed E-state index contributed by atoms with van der Waals surface area (Å²) in [7, 11) is 0. The summed E-state index contributed by atoms with van der Waals surface area (Å²) in [4.78, 5) is 27.2. The number of amides is 1. The summed E-state index contributed by atoms with van der Waals surface area (Å²) in [5.74, 6) is -0.807. The Morgan fingerprint density at radius 2 is 1.41 bits per heavy atom. The van der Waals surface area contributed by atoms with Gasteiger partial charge in [-0.25, -0.2) is 4.79 Å². The second kappa shape index (κ2) is 7.83. The molecule has 4 rings (SSSR count). The maximum Gasteiger partial charge on any atom is 0.343 e. The molecule has 0 N–H and O–H groups in total. The molecule has 1 amide bonds. The Labute approximate surface area is 168 Å². The first-order chi connectivity index (χ1) is 14.2. The number of esters is 1. The molecular weight excluding hydrogens is 364 g/mol. The number of fused-ring (bicyclic) bond motifs is 1. The van der Waals surface area contributed by atoms with Gasteiger partial charge >= 0.3 is 5.97 Å². The molecule has 3 aromatic rings. The molecule has 3 aromatic carbocycles. The van der Waals surface area contributed by atoms with Gasteiger partial charge in [-0.1, -0.05) is 54.6 Å². The molecule has 0 aromatic heterocycles. The smallest absolute Gasteiger partial charge is 0.343 e. The number of carbonyl (C=O) groups is 2. The van der Waals surface area contributed by atoms with E-state index in [1.165, 1.54) is 4.90 Å². The molecule has 140 valence electrons. The highest BCUT2D eigenvalue weighted by Crippen LogP contribution is 2.34. The van der Waals surface area contributed by atoms with E-state index in [1.807, 2.05) is 18.2 Å². The highest BCUT2D eigenvalue weighted by Gasteiger charge is 2.36. The number of hydrogen-bond acceptors (Lipinski definition) is 4. The fourth-order valence-electron chi connectivity index (χ4n) is 3.22. The quantitative estimate of drug-likeness (QED) is 0.630. The minimum absolute atomic E-state index is 0.115. The Hall–Kier alpha value is -4.17. The maximum atomic E-state index is 13.2. The molecule has 1 aliphatic rings. The van der Waals surface area contributed by atoms with E-state index < -0.39 is 12.0 Å². The summed E-state index contributed by atoms with van der Waals surface area (Å²) < 4.78 is 5.56. The summed E-state index contributed by atoms with van der Waals surface area (Å²) in [5, 5.41) is 9.86. The minimum atomic E-state index is -1.06. The average molecular weight is 380 g/mol. The van der Waals surface area contributed by atoms with Crippen molar-refractivity contribution in [2.75, 3.05) is 4.90 Å². The van der Waals surface area contributed by atoms with Crippen molar-refractivity contribution in [1.82, 2.24) is 0 Å². The van der Waals surface area contributed by atoms with E-state index in [0.717, 1.165) is 0 Å². The normalized spacial score (nSPS) is 14.9. The zero-order chi connectivity index (χ0) is 20.2. The topological polar surface area (TPSA) is 70.4 Å². The largest absolute Gasteiger partial charge is 0.424 e. The third-order valence-electron chi connectivity index (χ3n) is 4.60. The van der Waals surface area contributed by atoms with Crippen LogP contribution in [-0.4, -0.2) is 17.9 Å². The van der Waals surface area contributed by atoms with E-state index in [9.17, 15) is 14.9 Å². The Bertz CT molecular complexity index is 1130. The number of carbonyl (C=O) groups excluding carboxylic acids is 2. The molecule has 0 unspecified atom stereocenters. The lowest BCUT2D eigenvalue weighted by atomic mass is 10.00. The van der Waals surface area contributed by atoms with Crippen molar-refractivity contribution in [3.05, 3.63) is 107 Å². The molecule has 0 aliphatic carbocycles. The zero-order valence-corrected chi connectivity index (χ0v) is 15.4. The first kappa shape index (κ1) is 18.2. The van der Waals surface area contributed by atoms with Crippen LogP contribution in [0.25, 0.3) is 6.08 Å². The molecule has 0 spiro atoms. The SMILES string of the molecule is N#C[C@@H]1C(OC(=O)c2ccccc2)=Cc2ccccc2N1C(=O)c1ccccc1. The second-order valence-electron chi connectivity index (χ2n) is 6.43. The molecule has 0 radical (unpaired) electrons. The molecule has 5 nitrogen and oxygen atoms in total. The summed E-state index contributed by atoms with van der Waals surface area (Å²) in [6.45, 7) is 0. The number of ether oxygens (including phenoxy) is 1. The van der Waals surface area contributed by atoms with E-state index in [0.29, 0.717) is 22.4 Å². The first-order valence-electron chi connectivity index (χ1n) is 9.05. The van der Waals surface area contributed by atoms with Gasteiger partial charge in [0.1, 0.15) is 5.76 Å². The van der Waals surface area contributed by atoms with Gasteiger partial charge in [-0.05, 0) is 36.4 Å². The van der Waals surface area contributed by atoms with Crippen LogP contribution in [0.2, 0.25) is 0 Å². The monoisotopic (exact) mass is 380 g/mol. The van der Waals surface area contributed by atoms with Gasteiger partial charge in [0.05, 0.1) is 17.3 Å². The maximum absolute atomic E-state index is 13.2. The Morgan fingerprint density at radius 1 is 0.828 bits per heavy atom. The van der Waals surface area contributed by atoms with Gasteiger partial charge < -0.3 is 4.74 Å². The lowest BCUT2D eigenvalue weighted by Crippen LogP contribution is -2.43. The predicted octanol–water partition coefficient (Wildman–Crippen LogP) is 4.44. The van der Waals surface area contributed by atoms with Crippen molar-refractivity contribution in [2.24, 2.45) is 0 Å². The molecule has 0 fully saturated rings. The van der Waals surface area contributed by atoms with Crippen molar-refractivity contribution in [1.29, 1.82) is 5.26 Å². The lowest BCUT2D eigenvalue weighted by molar-refractivity contribution is 0.0611. The van der Waals surface area contributed by atoms with Crippen molar-refractivity contribution < 1.29 is 14.3 Å². The third-order valence-corrected chi connectivity index (χ3v) is 4.60.